The van der Waals surface area contributed by atoms with Crippen LogP contribution in [0.25, 0.3) is 0 Å². The molecule has 0 bridgehead atoms. The largest absolute Gasteiger partial charge is 0.369 e. The van der Waals surface area contributed by atoms with Gasteiger partial charge in [0.1, 0.15) is 0 Å². The van der Waals surface area contributed by atoms with E-state index in [9.17, 15) is 18.0 Å². The molecule has 0 spiro atoms. The van der Waals surface area contributed by atoms with E-state index in [-0.39, 0.29) is 28.4 Å². The van der Waals surface area contributed by atoms with Crippen molar-refractivity contribution in [3.63, 3.8) is 0 Å². The van der Waals surface area contributed by atoms with Gasteiger partial charge in [0.15, 0.2) is 9.84 Å². The molecule has 0 radical (unpaired) electrons. The molecule has 160 valence electrons. The predicted octanol–water partition coefficient (Wildman–Crippen LogP) is 2.43. The molecule has 1 aliphatic rings. The molecule has 7 nitrogen and oxygen atoms in total. The number of amides is 2. The van der Waals surface area contributed by atoms with E-state index >= 15 is 0 Å². The van der Waals surface area contributed by atoms with Crippen LogP contribution in [0.3, 0.4) is 0 Å². The first-order valence-corrected chi connectivity index (χ1v) is 11.7. The van der Waals surface area contributed by atoms with Crippen LogP contribution in [0, 0.1) is 5.92 Å². The SMILES string of the molecule is CCS(=O)(=O)c1ccc(C(=O)Nc2cccc(CN3CCC(C(N)=O)CC3)c2)cc1. The normalized spacial score (nSPS) is 15.6. The molecule has 0 saturated carbocycles. The molecule has 0 aliphatic carbocycles. The lowest BCUT2D eigenvalue weighted by Crippen LogP contribution is -2.38. The van der Waals surface area contributed by atoms with Gasteiger partial charge in [-0.25, -0.2) is 8.42 Å². The molecule has 1 saturated heterocycles. The molecule has 30 heavy (non-hydrogen) atoms. The molecule has 8 heteroatoms. The molecular weight excluding hydrogens is 402 g/mol. The van der Waals surface area contributed by atoms with Gasteiger partial charge in [0.05, 0.1) is 10.6 Å². The van der Waals surface area contributed by atoms with Crippen LogP contribution in [0.2, 0.25) is 0 Å². The number of primary amides is 1. The maximum atomic E-state index is 12.5. The Morgan fingerprint density at radius 2 is 1.77 bits per heavy atom. The summed E-state index contributed by atoms with van der Waals surface area (Å²) in [6, 6.07) is 13.6. The molecule has 0 aromatic heterocycles. The second-order valence-corrected chi connectivity index (χ2v) is 9.81. The second-order valence-electron chi connectivity index (χ2n) is 7.54. The van der Waals surface area contributed by atoms with Crippen molar-refractivity contribution in [3.05, 3.63) is 59.7 Å². The van der Waals surface area contributed by atoms with Gasteiger partial charge in [-0.2, -0.15) is 0 Å². The van der Waals surface area contributed by atoms with E-state index in [1.165, 1.54) is 24.3 Å². The van der Waals surface area contributed by atoms with Crippen molar-refractivity contribution >= 4 is 27.3 Å². The monoisotopic (exact) mass is 429 g/mol. The third kappa shape index (κ3) is 5.46. The number of carbonyl (C=O) groups excluding carboxylic acids is 2. The molecule has 1 fully saturated rings. The van der Waals surface area contributed by atoms with E-state index in [0.717, 1.165) is 38.0 Å². The summed E-state index contributed by atoms with van der Waals surface area (Å²) in [4.78, 5) is 26.3. The lowest BCUT2D eigenvalue weighted by Gasteiger charge is -2.30. The van der Waals surface area contributed by atoms with Crippen LogP contribution in [-0.4, -0.2) is 44.0 Å². The number of hydrogen-bond donors (Lipinski definition) is 2. The minimum absolute atomic E-state index is 0.0194. The maximum absolute atomic E-state index is 12.5. The van der Waals surface area contributed by atoms with Crippen molar-refractivity contribution in [2.24, 2.45) is 11.7 Å². The summed E-state index contributed by atoms with van der Waals surface area (Å²) in [6.45, 7) is 3.95. The van der Waals surface area contributed by atoms with Gasteiger partial charge in [0.2, 0.25) is 5.91 Å². The van der Waals surface area contributed by atoms with Crippen LogP contribution >= 0.6 is 0 Å². The molecule has 1 heterocycles. The molecule has 0 unspecified atom stereocenters. The van der Waals surface area contributed by atoms with Crippen molar-refractivity contribution in [1.29, 1.82) is 0 Å². The number of nitrogens with zero attached hydrogens (tertiary/aromatic N) is 1. The van der Waals surface area contributed by atoms with Gasteiger partial charge in [-0.3, -0.25) is 14.5 Å². The molecule has 3 rings (SSSR count). The number of piperidine rings is 1. The van der Waals surface area contributed by atoms with E-state index < -0.39 is 9.84 Å². The van der Waals surface area contributed by atoms with E-state index in [0.29, 0.717) is 11.3 Å². The summed E-state index contributed by atoms with van der Waals surface area (Å²) in [5.41, 5.74) is 7.52. The van der Waals surface area contributed by atoms with E-state index in [1.807, 2.05) is 24.3 Å². The Morgan fingerprint density at radius 1 is 1.10 bits per heavy atom. The van der Waals surface area contributed by atoms with Crippen LogP contribution in [-0.2, 0) is 21.2 Å². The quantitative estimate of drug-likeness (QED) is 0.702. The fraction of sp³-hybridized carbons (Fsp3) is 0.364. The van der Waals surface area contributed by atoms with Gasteiger partial charge < -0.3 is 11.1 Å². The van der Waals surface area contributed by atoms with Gasteiger partial charge >= 0.3 is 0 Å². The van der Waals surface area contributed by atoms with Gasteiger partial charge in [0, 0.05) is 23.7 Å². The molecule has 3 N–H and O–H groups in total. The Bertz CT molecular complexity index is 1010. The Labute approximate surface area is 177 Å². The van der Waals surface area contributed by atoms with Gasteiger partial charge in [-0.15, -0.1) is 0 Å². The lowest BCUT2D eigenvalue weighted by molar-refractivity contribution is -0.123. The summed E-state index contributed by atoms with van der Waals surface area (Å²) < 4.78 is 23.8. The summed E-state index contributed by atoms with van der Waals surface area (Å²) in [6.07, 6.45) is 1.55. The molecule has 0 atom stereocenters. The third-order valence-corrected chi connectivity index (χ3v) is 7.19. The Balaban J connectivity index is 1.61. The number of sulfone groups is 1. The van der Waals surface area contributed by atoms with Gasteiger partial charge in [0.25, 0.3) is 5.91 Å². The Morgan fingerprint density at radius 3 is 2.37 bits per heavy atom. The van der Waals surface area contributed by atoms with Crippen LogP contribution in [0.5, 0.6) is 0 Å². The highest BCUT2D eigenvalue weighted by molar-refractivity contribution is 7.91. The molecule has 1 aliphatic heterocycles. The summed E-state index contributed by atoms with van der Waals surface area (Å²) in [7, 11) is -3.29. The van der Waals surface area contributed by atoms with Gasteiger partial charge in [-0.05, 0) is 67.9 Å². The zero-order valence-electron chi connectivity index (χ0n) is 17.0. The van der Waals surface area contributed by atoms with E-state index in [4.69, 9.17) is 5.73 Å². The number of rotatable bonds is 7. The Hall–Kier alpha value is -2.71. The highest BCUT2D eigenvalue weighted by Crippen LogP contribution is 2.20. The van der Waals surface area contributed by atoms with Crippen molar-refractivity contribution in [2.45, 2.75) is 31.2 Å². The first-order valence-electron chi connectivity index (χ1n) is 10.0. The van der Waals surface area contributed by atoms with Crippen LogP contribution in [0.4, 0.5) is 5.69 Å². The van der Waals surface area contributed by atoms with Crippen molar-refractivity contribution in [3.8, 4) is 0 Å². The minimum atomic E-state index is -3.29. The van der Waals surface area contributed by atoms with Crippen molar-refractivity contribution in [2.75, 3.05) is 24.2 Å². The standard InChI is InChI=1S/C22H27N3O4S/c1-2-30(28,29)20-8-6-18(7-9-20)22(27)24-19-5-3-4-16(14-19)15-25-12-10-17(11-13-25)21(23)26/h3-9,14,17H,2,10-13,15H2,1H3,(H2,23,26)(H,24,27). The highest BCUT2D eigenvalue weighted by Gasteiger charge is 2.23. The lowest BCUT2D eigenvalue weighted by atomic mass is 9.96. The average molecular weight is 430 g/mol. The number of anilines is 1. The average Bonchev–Trinajstić information content (AvgIpc) is 2.74. The number of likely N-dealkylation sites (tertiary alicyclic amines) is 1. The van der Waals surface area contributed by atoms with Crippen molar-refractivity contribution < 1.29 is 18.0 Å². The smallest absolute Gasteiger partial charge is 0.255 e. The minimum Gasteiger partial charge on any atom is -0.369 e. The van der Waals surface area contributed by atoms with Crippen LogP contribution < -0.4 is 11.1 Å². The first-order chi connectivity index (χ1) is 14.3. The van der Waals surface area contributed by atoms with Crippen LogP contribution in [0.1, 0.15) is 35.7 Å². The predicted molar refractivity (Wildman–Crippen MR) is 116 cm³/mol. The Kier molecular flexibility index (Phi) is 6.89. The van der Waals surface area contributed by atoms with Gasteiger partial charge in [-0.1, -0.05) is 19.1 Å². The maximum Gasteiger partial charge on any atom is 0.255 e. The zero-order valence-corrected chi connectivity index (χ0v) is 17.8. The fourth-order valence-electron chi connectivity index (χ4n) is 3.56. The van der Waals surface area contributed by atoms with E-state index in [1.54, 1.807) is 6.92 Å². The fourth-order valence-corrected chi connectivity index (χ4v) is 4.45. The third-order valence-electron chi connectivity index (χ3n) is 5.44. The number of nitrogens with two attached hydrogens (primary N) is 1. The van der Waals surface area contributed by atoms with Crippen molar-refractivity contribution in [1.82, 2.24) is 4.90 Å². The zero-order chi connectivity index (χ0) is 21.7. The first kappa shape index (κ1) is 22.0. The van der Waals surface area contributed by atoms with Crippen LogP contribution in [0.15, 0.2) is 53.4 Å². The summed E-state index contributed by atoms with van der Waals surface area (Å²) in [5.74, 6) is -0.536. The molecule has 2 amide bonds. The number of carbonyl (C=O) groups is 2. The molecule has 2 aromatic carbocycles. The molecule has 2 aromatic rings. The highest BCUT2D eigenvalue weighted by atomic mass is 32.2. The second kappa shape index (κ2) is 9.40. The summed E-state index contributed by atoms with van der Waals surface area (Å²) in [5, 5.41) is 2.86. The number of nitrogens with one attached hydrogen (secondary N) is 1. The molecular formula is C22H27N3O4S. The topological polar surface area (TPSA) is 110 Å². The van der Waals surface area contributed by atoms with E-state index in [2.05, 4.69) is 10.2 Å². The number of hydrogen-bond acceptors (Lipinski definition) is 5. The number of benzene rings is 2. The summed E-state index contributed by atoms with van der Waals surface area (Å²) >= 11 is 0.